The van der Waals surface area contributed by atoms with Crippen molar-refractivity contribution >= 4 is 23.0 Å². The topological polar surface area (TPSA) is 84.3 Å². The van der Waals surface area contributed by atoms with Crippen molar-refractivity contribution in [1.29, 1.82) is 0 Å². The van der Waals surface area contributed by atoms with E-state index in [4.69, 9.17) is 11.5 Å². The van der Waals surface area contributed by atoms with Crippen LogP contribution in [0.5, 0.6) is 0 Å². The second-order valence-electron chi connectivity index (χ2n) is 4.84. The molecule has 0 saturated carbocycles. The second kappa shape index (κ2) is 5.24. The van der Waals surface area contributed by atoms with Crippen LogP contribution in [0.4, 0.5) is 23.0 Å². The van der Waals surface area contributed by atoms with Crippen LogP contribution in [0.15, 0.2) is 36.7 Å². The zero-order valence-electron chi connectivity index (χ0n) is 11.2. The summed E-state index contributed by atoms with van der Waals surface area (Å²) >= 11 is 0. The van der Waals surface area contributed by atoms with Gasteiger partial charge in [-0.05, 0) is 24.3 Å². The Hall–Kier alpha value is -2.50. The van der Waals surface area contributed by atoms with Crippen molar-refractivity contribution in [2.45, 2.75) is 0 Å². The van der Waals surface area contributed by atoms with Crippen LogP contribution in [-0.2, 0) is 0 Å². The molecule has 0 spiro atoms. The monoisotopic (exact) mass is 270 g/mol. The van der Waals surface area contributed by atoms with Crippen molar-refractivity contribution in [3.63, 3.8) is 0 Å². The number of nitrogen functional groups attached to an aromatic ring is 2. The molecule has 1 fully saturated rings. The maximum absolute atomic E-state index is 5.86. The molecule has 1 aliphatic rings. The van der Waals surface area contributed by atoms with Gasteiger partial charge in [-0.3, -0.25) is 0 Å². The fourth-order valence-electron chi connectivity index (χ4n) is 2.38. The fraction of sp³-hybridized carbons (Fsp3) is 0.286. The van der Waals surface area contributed by atoms with E-state index >= 15 is 0 Å². The highest BCUT2D eigenvalue weighted by atomic mass is 15.3. The molecule has 1 saturated heterocycles. The number of nitrogens with zero attached hydrogens (tertiary/aromatic N) is 4. The van der Waals surface area contributed by atoms with Gasteiger partial charge in [0.15, 0.2) is 0 Å². The van der Waals surface area contributed by atoms with Gasteiger partial charge in [0, 0.05) is 44.3 Å². The first-order valence-electron chi connectivity index (χ1n) is 6.66. The predicted molar refractivity (Wildman–Crippen MR) is 81.7 cm³/mol. The highest BCUT2D eigenvalue weighted by molar-refractivity contribution is 5.70. The van der Waals surface area contributed by atoms with Crippen LogP contribution in [-0.4, -0.2) is 36.1 Å². The minimum absolute atomic E-state index is 0.630. The van der Waals surface area contributed by atoms with Gasteiger partial charge in [0.05, 0.1) is 11.4 Å². The van der Waals surface area contributed by atoms with Gasteiger partial charge in [0.2, 0.25) is 5.95 Å². The third-order valence-electron chi connectivity index (χ3n) is 3.55. The maximum atomic E-state index is 5.86. The first-order chi connectivity index (χ1) is 9.74. The van der Waals surface area contributed by atoms with Crippen molar-refractivity contribution in [3.8, 4) is 0 Å². The number of benzene rings is 1. The molecule has 3 rings (SSSR count). The van der Waals surface area contributed by atoms with Gasteiger partial charge in [0.25, 0.3) is 0 Å². The first-order valence-corrected chi connectivity index (χ1v) is 6.66. The molecule has 4 N–H and O–H groups in total. The number of anilines is 4. The second-order valence-corrected chi connectivity index (χ2v) is 4.84. The van der Waals surface area contributed by atoms with Crippen LogP contribution in [0.25, 0.3) is 0 Å². The van der Waals surface area contributed by atoms with Gasteiger partial charge in [-0.1, -0.05) is 0 Å². The Balaban J connectivity index is 1.68. The van der Waals surface area contributed by atoms with Crippen molar-refractivity contribution in [1.82, 2.24) is 9.97 Å². The van der Waals surface area contributed by atoms with Gasteiger partial charge in [-0.15, -0.1) is 0 Å². The first kappa shape index (κ1) is 12.5. The van der Waals surface area contributed by atoms with Crippen LogP contribution in [0.2, 0.25) is 0 Å². The van der Waals surface area contributed by atoms with E-state index in [2.05, 4.69) is 19.8 Å². The molecule has 20 heavy (non-hydrogen) atoms. The summed E-state index contributed by atoms with van der Waals surface area (Å²) in [6.07, 6.45) is 3.55. The van der Waals surface area contributed by atoms with Crippen LogP contribution in [0, 0.1) is 0 Å². The van der Waals surface area contributed by atoms with Gasteiger partial charge in [-0.25, -0.2) is 9.97 Å². The average molecular weight is 270 g/mol. The average Bonchev–Trinajstić information content (AvgIpc) is 2.51. The zero-order chi connectivity index (χ0) is 13.9. The third kappa shape index (κ3) is 2.45. The molecule has 1 aliphatic heterocycles. The minimum atomic E-state index is 0.630. The fourth-order valence-corrected chi connectivity index (χ4v) is 2.38. The van der Waals surface area contributed by atoms with Gasteiger partial charge < -0.3 is 21.3 Å². The molecular weight excluding hydrogens is 252 g/mol. The normalized spacial score (nSPS) is 15.4. The lowest BCUT2D eigenvalue weighted by atomic mass is 10.2. The quantitative estimate of drug-likeness (QED) is 0.791. The Morgan fingerprint density at radius 1 is 0.850 bits per heavy atom. The SMILES string of the molecule is Nc1ccc(N2CCN(c3ncccn3)CC2)cc1N. The molecule has 2 heterocycles. The summed E-state index contributed by atoms with van der Waals surface area (Å²) in [7, 11) is 0. The number of rotatable bonds is 2. The summed E-state index contributed by atoms with van der Waals surface area (Å²) in [5, 5.41) is 0. The van der Waals surface area contributed by atoms with E-state index in [0.717, 1.165) is 37.8 Å². The molecule has 0 amide bonds. The van der Waals surface area contributed by atoms with Crippen molar-refractivity contribution < 1.29 is 0 Å². The van der Waals surface area contributed by atoms with Crippen molar-refractivity contribution in [2.24, 2.45) is 0 Å². The summed E-state index contributed by atoms with van der Waals surface area (Å²) in [5.41, 5.74) is 14.0. The molecule has 1 aromatic heterocycles. The van der Waals surface area contributed by atoms with Crippen LogP contribution >= 0.6 is 0 Å². The van der Waals surface area contributed by atoms with E-state index in [9.17, 15) is 0 Å². The van der Waals surface area contributed by atoms with E-state index in [1.165, 1.54) is 0 Å². The Labute approximate surface area is 118 Å². The highest BCUT2D eigenvalue weighted by Crippen LogP contribution is 2.24. The summed E-state index contributed by atoms with van der Waals surface area (Å²) in [4.78, 5) is 13.1. The van der Waals surface area contributed by atoms with Gasteiger partial charge in [0.1, 0.15) is 0 Å². The standard InChI is InChI=1S/C14H18N6/c15-12-3-2-11(10-13(12)16)19-6-8-20(9-7-19)14-17-4-1-5-18-14/h1-5,10H,6-9,15-16H2. The van der Waals surface area contributed by atoms with Crippen molar-refractivity contribution in [2.75, 3.05) is 47.4 Å². The lowest BCUT2D eigenvalue weighted by Gasteiger charge is -2.36. The molecule has 0 atom stereocenters. The number of nitrogens with two attached hydrogens (primary N) is 2. The van der Waals surface area contributed by atoms with Crippen molar-refractivity contribution in [3.05, 3.63) is 36.7 Å². The molecule has 1 aromatic carbocycles. The minimum Gasteiger partial charge on any atom is -0.397 e. The van der Waals surface area contributed by atoms with Crippen LogP contribution in [0.1, 0.15) is 0 Å². The predicted octanol–water partition coefficient (Wildman–Crippen LogP) is 0.968. The van der Waals surface area contributed by atoms with E-state index in [1.807, 2.05) is 24.3 Å². The number of piperazine rings is 1. The Bertz CT molecular complexity index is 577. The summed E-state index contributed by atoms with van der Waals surface area (Å²) in [5.74, 6) is 0.795. The summed E-state index contributed by atoms with van der Waals surface area (Å²) in [6.45, 7) is 3.63. The highest BCUT2D eigenvalue weighted by Gasteiger charge is 2.19. The molecule has 0 aliphatic carbocycles. The molecule has 2 aromatic rings. The zero-order valence-corrected chi connectivity index (χ0v) is 11.2. The van der Waals surface area contributed by atoms with E-state index < -0.39 is 0 Å². The van der Waals surface area contributed by atoms with Gasteiger partial charge in [-0.2, -0.15) is 0 Å². The molecule has 0 bridgehead atoms. The lowest BCUT2D eigenvalue weighted by Crippen LogP contribution is -2.47. The Morgan fingerprint density at radius 2 is 1.50 bits per heavy atom. The molecule has 0 radical (unpaired) electrons. The largest absolute Gasteiger partial charge is 0.397 e. The summed E-state index contributed by atoms with van der Waals surface area (Å²) < 4.78 is 0. The number of hydrogen-bond donors (Lipinski definition) is 2. The smallest absolute Gasteiger partial charge is 0.225 e. The molecule has 6 heteroatoms. The molecule has 104 valence electrons. The van der Waals surface area contributed by atoms with E-state index in [1.54, 1.807) is 12.4 Å². The summed E-state index contributed by atoms with van der Waals surface area (Å²) in [6, 6.07) is 7.64. The lowest BCUT2D eigenvalue weighted by molar-refractivity contribution is 0.640. The van der Waals surface area contributed by atoms with Crippen LogP contribution in [0.3, 0.4) is 0 Å². The Morgan fingerprint density at radius 3 is 2.15 bits per heavy atom. The van der Waals surface area contributed by atoms with E-state index in [-0.39, 0.29) is 0 Å². The molecule has 6 nitrogen and oxygen atoms in total. The van der Waals surface area contributed by atoms with Crippen LogP contribution < -0.4 is 21.3 Å². The van der Waals surface area contributed by atoms with Gasteiger partial charge >= 0.3 is 0 Å². The third-order valence-corrected chi connectivity index (χ3v) is 3.55. The van der Waals surface area contributed by atoms with E-state index in [0.29, 0.717) is 11.4 Å². The Kier molecular flexibility index (Phi) is 3.28. The molecule has 0 unspecified atom stereocenters. The number of hydrogen-bond acceptors (Lipinski definition) is 6. The number of aromatic nitrogens is 2. The molecular formula is C14H18N6. The maximum Gasteiger partial charge on any atom is 0.225 e.